The molecule has 4 nitrogen and oxygen atoms in total. The number of hydrogen-bond acceptors (Lipinski definition) is 3. The van der Waals surface area contributed by atoms with E-state index in [-0.39, 0.29) is 5.91 Å². The lowest BCUT2D eigenvalue weighted by atomic mass is 10.2. The fourth-order valence-electron chi connectivity index (χ4n) is 1.66. The number of allylic oxidation sites excluding steroid dienone is 3. The molecule has 0 bridgehead atoms. The Kier molecular flexibility index (Phi) is 6.91. The molecular weight excluding hydrogens is 250 g/mol. The van der Waals surface area contributed by atoms with E-state index >= 15 is 0 Å². The summed E-state index contributed by atoms with van der Waals surface area (Å²) in [4.78, 5) is 17.9. The van der Waals surface area contributed by atoms with Crippen molar-refractivity contribution in [3.8, 4) is 12.3 Å². The molecule has 106 valence electrons. The van der Waals surface area contributed by atoms with Crippen molar-refractivity contribution in [2.75, 3.05) is 13.2 Å². The SMILES string of the molecule is C#CC/C=C\CNC(=O)C/C=C\N1CN=C(C)C=C1C. The second kappa shape index (κ2) is 8.76. The van der Waals surface area contributed by atoms with Gasteiger partial charge in [0.15, 0.2) is 0 Å². The third-order valence-corrected chi connectivity index (χ3v) is 2.75. The highest BCUT2D eigenvalue weighted by molar-refractivity contribution is 5.93. The number of aliphatic imine (C=N–C) groups is 1. The van der Waals surface area contributed by atoms with Crippen LogP contribution in [0.4, 0.5) is 0 Å². The van der Waals surface area contributed by atoms with Crippen molar-refractivity contribution in [1.82, 2.24) is 10.2 Å². The second-order valence-electron chi connectivity index (χ2n) is 4.47. The standard InChI is InChI=1S/C16H21N3O/c1-4-5-6-7-10-17-16(20)9-8-11-19-13-18-14(2)12-15(19)3/h1,6-8,11-12H,5,9-10,13H2,2-3H3,(H,17,20)/b7-6-,11-8-. The highest BCUT2D eigenvalue weighted by atomic mass is 16.1. The first-order chi connectivity index (χ1) is 9.63. The summed E-state index contributed by atoms with van der Waals surface area (Å²) in [6.07, 6.45) is 15.5. The minimum atomic E-state index is -0.00932. The average Bonchev–Trinajstić information content (AvgIpc) is 2.41. The van der Waals surface area contributed by atoms with Gasteiger partial charge in [0.25, 0.3) is 0 Å². The Balaban J connectivity index is 2.26. The van der Waals surface area contributed by atoms with Crippen LogP contribution in [0.15, 0.2) is 41.2 Å². The van der Waals surface area contributed by atoms with Crippen molar-refractivity contribution in [2.24, 2.45) is 4.99 Å². The van der Waals surface area contributed by atoms with Gasteiger partial charge < -0.3 is 10.2 Å². The molecule has 0 spiro atoms. The fourth-order valence-corrected chi connectivity index (χ4v) is 1.66. The van der Waals surface area contributed by atoms with E-state index in [1.807, 2.05) is 49.3 Å². The van der Waals surface area contributed by atoms with Gasteiger partial charge in [-0.2, -0.15) is 0 Å². The summed E-state index contributed by atoms with van der Waals surface area (Å²) in [5.74, 6) is 2.49. The molecule has 4 heteroatoms. The van der Waals surface area contributed by atoms with E-state index in [9.17, 15) is 4.79 Å². The summed E-state index contributed by atoms with van der Waals surface area (Å²) in [6, 6.07) is 0. The molecule has 0 fully saturated rings. The van der Waals surface area contributed by atoms with E-state index in [0.717, 1.165) is 11.4 Å². The van der Waals surface area contributed by atoms with Gasteiger partial charge in [-0.15, -0.1) is 12.3 Å². The summed E-state index contributed by atoms with van der Waals surface area (Å²) in [5.41, 5.74) is 2.16. The Morgan fingerprint density at radius 1 is 1.50 bits per heavy atom. The molecule has 0 aliphatic carbocycles. The highest BCUT2D eigenvalue weighted by Crippen LogP contribution is 2.10. The first-order valence-corrected chi connectivity index (χ1v) is 6.61. The lowest BCUT2D eigenvalue weighted by Gasteiger charge is -2.22. The van der Waals surface area contributed by atoms with Crippen LogP contribution < -0.4 is 5.32 Å². The Bertz CT molecular complexity index is 492. The van der Waals surface area contributed by atoms with Crippen LogP contribution in [0, 0.1) is 12.3 Å². The zero-order chi connectivity index (χ0) is 14.8. The molecular formula is C16H21N3O. The molecule has 0 unspecified atom stereocenters. The van der Waals surface area contributed by atoms with Crippen LogP contribution in [0.25, 0.3) is 0 Å². The largest absolute Gasteiger partial charge is 0.352 e. The van der Waals surface area contributed by atoms with E-state index in [0.29, 0.717) is 26.1 Å². The Morgan fingerprint density at radius 3 is 3.00 bits per heavy atom. The molecule has 0 radical (unpaired) electrons. The number of nitrogens with zero attached hydrogens (tertiary/aromatic N) is 2. The minimum Gasteiger partial charge on any atom is -0.352 e. The van der Waals surface area contributed by atoms with Crippen molar-refractivity contribution in [3.63, 3.8) is 0 Å². The maximum atomic E-state index is 11.6. The summed E-state index contributed by atoms with van der Waals surface area (Å²) < 4.78 is 0. The van der Waals surface area contributed by atoms with Gasteiger partial charge in [0.2, 0.25) is 5.91 Å². The third kappa shape index (κ3) is 6.05. The molecule has 0 saturated heterocycles. The molecule has 0 aromatic carbocycles. The van der Waals surface area contributed by atoms with E-state index in [1.165, 1.54) is 0 Å². The fraction of sp³-hybridized carbons (Fsp3) is 0.375. The van der Waals surface area contributed by atoms with Gasteiger partial charge >= 0.3 is 0 Å². The van der Waals surface area contributed by atoms with E-state index in [1.54, 1.807) is 0 Å². The summed E-state index contributed by atoms with van der Waals surface area (Å²) in [6.45, 7) is 5.13. The molecule has 0 aromatic heterocycles. The predicted octanol–water partition coefficient (Wildman–Crippen LogP) is 2.22. The predicted molar refractivity (Wildman–Crippen MR) is 82.9 cm³/mol. The maximum absolute atomic E-state index is 11.6. The number of terminal acetylenes is 1. The zero-order valence-corrected chi connectivity index (χ0v) is 12.1. The smallest absolute Gasteiger partial charge is 0.224 e. The number of carbonyl (C=O) groups excluding carboxylic acids is 1. The molecule has 0 aromatic rings. The zero-order valence-electron chi connectivity index (χ0n) is 12.1. The van der Waals surface area contributed by atoms with Crippen LogP contribution in [-0.4, -0.2) is 29.7 Å². The summed E-state index contributed by atoms with van der Waals surface area (Å²) in [7, 11) is 0. The molecule has 1 heterocycles. The van der Waals surface area contributed by atoms with Gasteiger partial charge in [-0.25, -0.2) is 0 Å². The number of rotatable bonds is 6. The molecule has 0 saturated carbocycles. The topological polar surface area (TPSA) is 44.7 Å². The first kappa shape index (κ1) is 15.8. The first-order valence-electron chi connectivity index (χ1n) is 6.61. The van der Waals surface area contributed by atoms with Gasteiger partial charge in [0.1, 0.15) is 6.67 Å². The molecule has 20 heavy (non-hydrogen) atoms. The lowest BCUT2D eigenvalue weighted by molar-refractivity contribution is -0.120. The van der Waals surface area contributed by atoms with Crippen LogP contribution in [0.1, 0.15) is 26.7 Å². The highest BCUT2D eigenvalue weighted by Gasteiger charge is 2.06. The lowest BCUT2D eigenvalue weighted by Crippen LogP contribution is -2.23. The van der Waals surface area contributed by atoms with Gasteiger partial charge in [-0.05, 0) is 19.9 Å². The summed E-state index contributed by atoms with van der Waals surface area (Å²) in [5, 5.41) is 2.79. The van der Waals surface area contributed by atoms with Crippen LogP contribution >= 0.6 is 0 Å². The van der Waals surface area contributed by atoms with Crippen molar-refractivity contribution in [3.05, 3.63) is 36.2 Å². The van der Waals surface area contributed by atoms with Crippen molar-refractivity contribution < 1.29 is 4.79 Å². The average molecular weight is 271 g/mol. The van der Waals surface area contributed by atoms with E-state index in [2.05, 4.69) is 16.2 Å². The molecule has 1 rings (SSSR count). The molecule has 1 amide bonds. The number of amides is 1. The Hall–Kier alpha value is -2.28. The van der Waals surface area contributed by atoms with Gasteiger partial charge in [0, 0.05) is 37.0 Å². The quantitative estimate of drug-likeness (QED) is 0.594. The van der Waals surface area contributed by atoms with Crippen LogP contribution in [0.5, 0.6) is 0 Å². The number of nitrogens with one attached hydrogen (secondary N) is 1. The van der Waals surface area contributed by atoms with Crippen molar-refractivity contribution >= 4 is 11.6 Å². The number of carbonyl (C=O) groups is 1. The van der Waals surface area contributed by atoms with E-state index in [4.69, 9.17) is 6.42 Å². The normalized spacial score (nSPS) is 15.2. The second-order valence-corrected chi connectivity index (χ2v) is 4.47. The molecule has 1 aliphatic heterocycles. The van der Waals surface area contributed by atoms with E-state index < -0.39 is 0 Å². The van der Waals surface area contributed by atoms with Crippen molar-refractivity contribution in [1.29, 1.82) is 0 Å². The van der Waals surface area contributed by atoms with Gasteiger partial charge in [-0.1, -0.05) is 18.2 Å². The van der Waals surface area contributed by atoms with Gasteiger partial charge in [0.05, 0.1) is 0 Å². The molecule has 1 N–H and O–H groups in total. The summed E-state index contributed by atoms with van der Waals surface area (Å²) >= 11 is 0. The van der Waals surface area contributed by atoms with Gasteiger partial charge in [-0.3, -0.25) is 9.79 Å². The monoisotopic (exact) mass is 271 g/mol. The Morgan fingerprint density at radius 2 is 2.30 bits per heavy atom. The molecule has 1 aliphatic rings. The third-order valence-electron chi connectivity index (χ3n) is 2.75. The molecule has 0 atom stereocenters. The van der Waals surface area contributed by atoms with Crippen LogP contribution in [0.2, 0.25) is 0 Å². The number of hydrogen-bond donors (Lipinski definition) is 1. The maximum Gasteiger partial charge on any atom is 0.224 e. The van der Waals surface area contributed by atoms with Crippen LogP contribution in [0.3, 0.4) is 0 Å². The Labute approximate surface area is 121 Å². The van der Waals surface area contributed by atoms with Crippen molar-refractivity contribution in [2.45, 2.75) is 26.7 Å². The minimum absolute atomic E-state index is 0.00932. The van der Waals surface area contributed by atoms with Crippen LogP contribution in [-0.2, 0) is 4.79 Å².